The van der Waals surface area contributed by atoms with Crippen molar-refractivity contribution in [3.8, 4) is 12.3 Å². The number of terminal acetylenes is 1. The highest BCUT2D eigenvalue weighted by Gasteiger charge is 2.06. The number of hydrogen-bond acceptors (Lipinski definition) is 3. The summed E-state index contributed by atoms with van der Waals surface area (Å²) < 4.78 is 0. The Balaban J connectivity index is 2.83. The van der Waals surface area contributed by atoms with Gasteiger partial charge in [-0.05, 0) is 6.92 Å². The van der Waals surface area contributed by atoms with Crippen LogP contribution < -0.4 is 10.9 Å². The highest BCUT2D eigenvalue weighted by Crippen LogP contribution is 2.15. The summed E-state index contributed by atoms with van der Waals surface area (Å²) in [6.45, 7) is 1.90. The molecule has 0 aliphatic heterocycles. The second-order valence-corrected chi connectivity index (χ2v) is 3.26. The molecule has 1 rings (SSSR count). The van der Waals surface area contributed by atoms with Gasteiger partial charge in [-0.25, -0.2) is 5.10 Å². The predicted octanol–water partition coefficient (Wildman–Crippen LogP) is 1.25. The average Bonchev–Trinajstić information content (AvgIpc) is 2.13. The maximum Gasteiger partial charge on any atom is 0.285 e. The molecule has 0 bridgehead atoms. The van der Waals surface area contributed by atoms with E-state index in [2.05, 4.69) is 21.4 Å². The van der Waals surface area contributed by atoms with E-state index in [4.69, 9.17) is 18.0 Å². The molecule has 0 aromatic carbocycles. The molecule has 1 aromatic heterocycles. The number of aromatic nitrogens is 2. The van der Waals surface area contributed by atoms with Crippen molar-refractivity contribution >= 4 is 17.3 Å². The first-order valence-electron chi connectivity index (χ1n) is 4.08. The standard InChI is InChI=1S/C9H10ClN3O/c1-3-4-6(2)12-7-5-11-13-9(14)8(7)10/h1,5-6H,4H2,2H3,(H2,12,13,14). The maximum atomic E-state index is 11.0. The van der Waals surface area contributed by atoms with Crippen LogP contribution in [-0.4, -0.2) is 16.2 Å². The van der Waals surface area contributed by atoms with Crippen LogP contribution in [0.4, 0.5) is 5.69 Å². The van der Waals surface area contributed by atoms with E-state index < -0.39 is 5.56 Å². The molecule has 0 spiro atoms. The van der Waals surface area contributed by atoms with E-state index in [1.165, 1.54) is 6.20 Å². The van der Waals surface area contributed by atoms with Crippen LogP contribution in [0.3, 0.4) is 0 Å². The molecule has 2 N–H and O–H groups in total. The van der Waals surface area contributed by atoms with Crippen molar-refractivity contribution in [3.63, 3.8) is 0 Å². The van der Waals surface area contributed by atoms with E-state index in [1.54, 1.807) is 0 Å². The fourth-order valence-corrected chi connectivity index (χ4v) is 1.12. The Labute approximate surface area is 86.7 Å². The maximum absolute atomic E-state index is 11.0. The highest BCUT2D eigenvalue weighted by molar-refractivity contribution is 6.32. The molecular formula is C9H10ClN3O. The number of anilines is 1. The summed E-state index contributed by atoms with van der Waals surface area (Å²) in [6, 6.07) is 0.0566. The van der Waals surface area contributed by atoms with Gasteiger partial charge >= 0.3 is 0 Å². The van der Waals surface area contributed by atoms with Crippen LogP contribution in [0.15, 0.2) is 11.0 Å². The van der Waals surface area contributed by atoms with Gasteiger partial charge < -0.3 is 5.32 Å². The SMILES string of the molecule is C#CCC(C)Nc1cn[nH]c(=O)c1Cl. The third kappa shape index (κ3) is 2.51. The highest BCUT2D eigenvalue weighted by atomic mass is 35.5. The summed E-state index contributed by atoms with van der Waals surface area (Å²) in [4.78, 5) is 11.0. The lowest BCUT2D eigenvalue weighted by atomic mass is 10.2. The molecule has 1 aromatic rings. The van der Waals surface area contributed by atoms with Gasteiger partial charge in [-0.2, -0.15) is 5.10 Å². The molecular weight excluding hydrogens is 202 g/mol. The molecule has 0 fully saturated rings. The summed E-state index contributed by atoms with van der Waals surface area (Å²) in [6.07, 6.45) is 7.16. The number of rotatable bonds is 3. The number of hydrogen-bond donors (Lipinski definition) is 2. The van der Waals surface area contributed by atoms with Crippen LogP contribution >= 0.6 is 11.6 Å². The first kappa shape index (κ1) is 10.6. The molecule has 0 saturated heterocycles. The Morgan fingerprint density at radius 3 is 3.21 bits per heavy atom. The predicted molar refractivity (Wildman–Crippen MR) is 56.4 cm³/mol. The molecule has 0 amide bonds. The quantitative estimate of drug-likeness (QED) is 0.740. The van der Waals surface area contributed by atoms with E-state index in [-0.39, 0.29) is 11.1 Å². The minimum atomic E-state index is -0.412. The van der Waals surface area contributed by atoms with Crippen molar-refractivity contribution in [2.45, 2.75) is 19.4 Å². The lowest BCUT2D eigenvalue weighted by Gasteiger charge is -2.12. The summed E-state index contributed by atoms with van der Waals surface area (Å²) >= 11 is 5.74. The smallest absolute Gasteiger partial charge is 0.285 e. The van der Waals surface area contributed by atoms with Crippen molar-refractivity contribution in [2.75, 3.05) is 5.32 Å². The average molecular weight is 212 g/mol. The van der Waals surface area contributed by atoms with Gasteiger partial charge in [0.1, 0.15) is 5.02 Å². The monoisotopic (exact) mass is 211 g/mol. The van der Waals surface area contributed by atoms with Crippen molar-refractivity contribution in [2.24, 2.45) is 0 Å². The van der Waals surface area contributed by atoms with Crippen LogP contribution in [0, 0.1) is 12.3 Å². The van der Waals surface area contributed by atoms with E-state index in [0.717, 1.165) is 0 Å². The first-order chi connectivity index (χ1) is 6.65. The molecule has 5 heteroatoms. The summed E-state index contributed by atoms with van der Waals surface area (Å²) in [5, 5.41) is 8.95. The van der Waals surface area contributed by atoms with Crippen molar-refractivity contribution in [1.29, 1.82) is 0 Å². The Morgan fingerprint density at radius 1 is 1.86 bits per heavy atom. The van der Waals surface area contributed by atoms with Gasteiger partial charge in [0.25, 0.3) is 5.56 Å². The van der Waals surface area contributed by atoms with Gasteiger partial charge in [-0.3, -0.25) is 4.79 Å². The second kappa shape index (κ2) is 4.68. The van der Waals surface area contributed by atoms with Gasteiger partial charge in [-0.1, -0.05) is 11.6 Å². The lowest BCUT2D eigenvalue weighted by Crippen LogP contribution is -2.18. The van der Waals surface area contributed by atoms with Crippen LogP contribution in [-0.2, 0) is 0 Å². The number of nitrogens with zero attached hydrogens (tertiary/aromatic N) is 1. The van der Waals surface area contributed by atoms with E-state index in [0.29, 0.717) is 12.1 Å². The van der Waals surface area contributed by atoms with E-state index in [9.17, 15) is 4.79 Å². The molecule has 0 aliphatic rings. The molecule has 14 heavy (non-hydrogen) atoms. The minimum Gasteiger partial charge on any atom is -0.379 e. The van der Waals surface area contributed by atoms with Gasteiger partial charge in [0.2, 0.25) is 0 Å². The topological polar surface area (TPSA) is 57.8 Å². The number of H-pyrrole nitrogens is 1. The zero-order valence-electron chi connectivity index (χ0n) is 7.67. The van der Waals surface area contributed by atoms with Gasteiger partial charge in [-0.15, -0.1) is 12.3 Å². The number of halogens is 1. The van der Waals surface area contributed by atoms with Crippen LogP contribution in [0.25, 0.3) is 0 Å². The van der Waals surface area contributed by atoms with Crippen LogP contribution in [0.1, 0.15) is 13.3 Å². The van der Waals surface area contributed by atoms with Crippen molar-refractivity contribution < 1.29 is 0 Å². The third-order valence-corrected chi connectivity index (χ3v) is 2.00. The molecule has 0 aliphatic carbocycles. The largest absolute Gasteiger partial charge is 0.379 e. The fourth-order valence-electron chi connectivity index (χ4n) is 0.977. The Kier molecular flexibility index (Phi) is 3.55. The molecule has 1 heterocycles. The zero-order valence-corrected chi connectivity index (χ0v) is 8.43. The third-order valence-electron chi connectivity index (χ3n) is 1.62. The van der Waals surface area contributed by atoms with Gasteiger partial charge in [0, 0.05) is 12.5 Å². The lowest BCUT2D eigenvalue weighted by molar-refractivity contribution is 0.824. The summed E-state index contributed by atoms with van der Waals surface area (Å²) in [7, 11) is 0. The summed E-state index contributed by atoms with van der Waals surface area (Å²) in [5.74, 6) is 2.51. The second-order valence-electron chi connectivity index (χ2n) is 2.88. The van der Waals surface area contributed by atoms with E-state index in [1.807, 2.05) is 6.92 Å². The normalized spacial score (nSPS) is 11.8. The first-order valence-corrected chi connectivity index (χ1v) is 4.46. The number of aromatic amines is 1. The molecule has 74 valence electrons. The summed E-state index contributed by atoms with van der Waals surface area (Å²) in [5.41, 5.74) is 0.0859. The Bertz CT molecular complexity index is 407. The Hall–Kier alpha value is -1.47. The van der Waals surface area contributed by atoms with Gasteiger partial charge in [0.15, 0.2) is 0 Å². The Morgan fingerprint density at radius 2 is 2.57 bits per heavy atom. The van der Waals surface area contributed by atoms with Crippen molar-refractivity contribution in [3.05, 3.63) is 21.6 Å². The van der Waals surface area contributed by atoms with Crippen LogP contribution in [0.2, 0.25) is 5.02 Å². The van der Waals surface area contributed by atoms with Crippen LogP contribution in [0.5, 0.6) is 0 Å². The van der Waals surface area contributed by atoms with E-state index >= 15 is 0 Å². The molecule has 4 nitrogen and oxygen atoms in total. The molecule has 1 atom stereocenters. The molecule has 0 saturated carbocycles. The minimum absolute atomic E-state index is 0.0566. The number of nitrogens with one attached hydrogen (secondary N) is 2. The molecule has 1 unspecified atom stereocenters. The van der Waals surface area contributed by atoms with Crippen molar-refractivity contribution in [1.82, 2.24) is 10.2 Å². The van der Waals surface area contributed by atoms with Gasteiger partial charge in [0.05, 0.1) is 11.9 Å². The molecule has 0 radical (unpaired) electrons. The fraction of sp³-hybridized carbons (Fsp3) is 0.333. The zero-order chi connectivity index (χ0) is 10.6.